The van der Waals surface area contributed by atoms with Gasteiger partial charge in [-0.05, 0) is 32.6 Å². The average molecular weight is 294 g/mol. The van der Waals surface area contributed by atoms with E-state index in [4.69, 9.17) is 10.6 Å². The second-order valence-electron chi connectivity index (χ2n) is 5.78. The first kappa shape index (κ1) is 15.8. The van der Waals surface area contributed by atoms with Crippen molar-refractivity contribution in [1.29, 1.82) is 0 Å². The zero-order valence-corrected chi connectivity index (χ0v) is 13.1. The van der Waals surface area contributed by atoms with Crippen LogP contribution in [0.2, 0.25) is 0 Å². The largest absolute Gasteiger partial charge is 0.461 e. The number of hydrazine groups is 1. The Morgan fingerprint density at radius 1 is 1.19 bits per heavy atom. The molecule has 1 aliphatic carbocycles. The van der Waals surface area contributed by atoms with Crippen LogP contribution >= 0.6 is 0 Å². The maximum atomic E-state index is 5.54. The number of ether oxygens (including phenoxy) is 1. The number of aromatic nitrogens is 3. The number of rotatable bonds is 6. The summed E-state index contributed by atoms with van der Waals surface area (Å²) in [4.78, 5) is 12.7. The lowest BCUT2D eigenvalue weighted by Gasteiger charge is -2.31. The molecule has 7 heteroatoms. The van der Waals surface area contributed by atoms with Crippen LogP contribution in [0.4, 0.5) is 11.9 Å². The van der Waals surface area contributed by atoms with Crippen molar-refractivity contribution in [1.82, 2.24) is 15.0 Å². The maximum absolute atomic E-state index is 5.54. The average Bonchev–Trinajstić information content (AvgIpc) is 2.46. The summed E-state index contributed by atoms with van der Waals surface area (Å²) in [5.41, 5.74) is 2.46. The molecular weight excluding hydrogens is 268 g/mol. The molecule has 0 aromatic carbocycles. The first-order valence-electron chi connectivity index (χ1n) is 7.78. The van der Waals surface area contributed by atoms with Crippen LogP contribution in [-0.2, 0) is 0 Å². The van der Waals surface area contributed by atoms with Crippen molar-refractivity contribution in [2.75, 3.05) is 10.7 Å². The number of anilines is 2. The van der Waals surface area contributed by atoms with Crippen LogP contribution in [0, 0.1) is 5.92 Å². The SMILES string of the molecule is CCC1CCCCC1Nc1nc(NN)nc(OC(C)C)n1. The highest BCUT2D eigenvalue weighted by molar-refractivity contribution is 5.36. The normalized spacial score (nSPS) is 22.1. The molecular formula is C14H26N6O. The number of hydrogen-bond donors (Lipinski definition) is 3. The molecule has 1 aromatic rings. The van der Waals surface area contributed by atoms with Crippen molar-refractivity contribution in [3.63, 3.8) is 0 Å². The summed E-state index contributed by atoms with van der Waals surface area (Å²) >= 11 is 0. The smallest absolute Gasteiger partial charge is 0.323 e. The van der Waals surface area contributed by atoms with Gasteiger partial charge in [-0.25, -0.2) is 5.84 Å². The standard InChI is InChI=1S/C14H26N6O/c1-4-10-7-5-6-8-11(10)16-12-17-13(20-15)19-14(18-12)21-9(2)3/h9-11H,4-8,15H2,1-3H3,(H2,16,17,18,19,20). The van der Waals surface area contributed by atoms with Crippen molar-refractivity contribution < 1.29 is 4.74 Å². The van der Waals surface area contributed by atoms with E-state index in [1.165, 1.54) is 25.7 Å². The first-order valence-corrected chi connectivity index (χ1v) is 7.78. The van der Waals surface area contributed by atoms with Gasteiger partial charge in [-0.1, -0.05) is 26.2 Å². The molecule has 0 radical (unpaired) electrons. The van der Waals surface area contributed by atoms with Crippen molar-refractivity contribution in [2.24, 2.45) is 11.8 Å². The quantitative estimate of drug-likeness (QED) is 0.547. The molecule has 2 atom stereocenters. The summed E-state index contributed by atoms with van der Waals surface area (Å²) in [6.45, 7) is 6.10. The van der Waals surface area contributed by atoms with E-state index in [0.717, 1.165) is 6.42 Å². The molecule has 1 aliphatic rings. The van der Waals surface area contributed by atoms with Crippen molar-refractivity contribution in [3.8, 4) is 6.01 Å². The molecule has 0 aliphatic heterocycles. The lowest BCUT2D eigenvalue weighted by atomic mass is 9.83. The summed E-state index contributed by atoms with van der Waals surface area (Å²) in [6, 6.07) is 0.697. The van der Waals surface area contributed by atoms with Crippen LogP contribution in [0.1, 0.15) is 52.9 Å². The van der Waals surface area contributed by atoms with Gasteiger partial charge in [0.1, 0.15) is 0 Å². The Hall–Kier alpha value is -1.63. The molecule has 2 unspecified atom stereocenters. The molecule has 0 saturated heterocycles. The van der Waals surface area contributed by atoms with Gasteiger partial charge in [0.05, 0.1) is 6.10 Å². The zero-order valence-electron chi connectivity index (χ0n) is 13.1. The second kappa shape index (κ2) is 7.40. The Labute approximate surface area is 126 Å². The molecule has 4 N–H and O–H groups in total. The molecule has 2 rings (SSSR count). The van der Waals surface area contributed by atoms with Crippen molar-refractivity contribution >= 4 is 11.9 Å². The fourth-order valence-corrected chi connectivity index (χ4v) is 2.80. The summed E-state index contributed by atoms with van der Waals surface area (Å²) in [7, 11) is 0. The zero-order chi connectivity index (χ0) is 15.2. The number of nitrogens with one attached hydrogen (secondary N) is 2. The fourth-order valence-electron chi connectivity index (χ4n) is 2.80. The number of nitrogens with zero attached hydrogens (tertiary/aromatic N) is 3. The van der Waals surface area contributed by atoms with Crippen LogP contribution in [0.15, 0.2) is 0 Å². The van der Waals surface area contributed by atoms with E-state index < -0.39 is 0 Å². The van der Waals surface area contributed by atoms with Crippen LogP contribution < -0.4 is 21.3 Å². The third kappa shape index (κ3) is 4.42. The monoisotopic (exact) mass is 294 g/mol. The highest BCUT2D eigenvalue weighted by Gasteiger charge is 2.24. The molecule has 1 fully saturated rings. The van der Waals surface area contributed by atoms with E-state index in [0.29, 0.717) is 29.9 Å². The van der Waals surface area contributed by atoms with E-state index in [1.807, 2.05) is 13.8 Å². The van der Waals surface area contributed by atoms with Crippen LogP contribution in [-0.4, -0.2) is 27.1 Å². The summed E-state index contributed by atoms with van der Waals surface area (Å²) < 4.78 is 5.54. The molecule has 7 nitrogen and oxygen atoms in total. The van der Waals surface area contributed by atoms with E-state index in [2.05, 4.69) is 32.6 Å². The minimum Gasteiger partial charge on any atom is -0.461 e. The minimum absolute atomic E-state index is 0.00365. The van der Waals surface area contributed by atoms with E-state index in [9.17, 15) is 0 Å². The summed E-state index contributed by atoms with van der Waals surface area (Å²) in [6.07, 6.45) is 6.14. The topological polar surface area (TPSA) is 98.0 Å². The van der Waals surface area contributed by atoms with E-state index >= 15 is 0 Å². The highest BCUT2D eigenvalue weighted by atomic mass is 16.5. The Kier molecular flexibility index (Phi) is 5.55. The molecule has 1 saturated carbocycles. The Balaban J connectivity index is 2.13. The molecule has 118 valence electrons. The molecule has 21 heavy (non-hydrogen) atoms. The van der Waals surface area contributed by atoms with Gasteiger partial charge in [0.25, 0.3) is 0 Å². The third-order valence-electron chi connectivity index (χ3n) is 3.83. The van der Waals surface area contributed by atoms with Gasteiger partial charge < -0.3 is 10.1 Å². The van der Waals surface area contributed by atoms with Gasteiger partial charge in [-0.2, -0.15) is 15.0 Å². The predicted molar refractivity (Wildman–Crippen MR) is 83.1 cm³/mol. The van der Waals surface area contributed by atoms with Crippen LogP contribution in [0.5, 0.6) is 6.01 Å². The maximum Gasteiger partial charge on any atom is 0.323 e. The molecule has 0 amide bonds. The van der Waals surface area contributed by atoms with E-state index in [1.54, 1.807) is 0 Å². The number of nitrogens with two attached hydrogens (primary N) is 1. The highest BCUT2D eigenvalue weighted by Crippen LogP contribution is 2.29. The Bertz CT molecular complexity index is 453. The molecule has 1 heterocycles. The van der Waals surface area contributed by atoms with Gasteiger partial charge in [0.2, 0.25) is 11.9 Å². The molecule has 1 aromatic heterocycles. The van der Waals surface area contributed by atoms with Gasteiger partial charge in [-0.15, -0.1) is 0 Å². The van der Waals surface area contributed by atoms with Gasteiger partial charge >= 0.3 is 6.01 Å². The summed E-state index contributed by atoms with van der Waals surface area (Å²) in [5, 5.41) is 3.43. The lowest BCUT2D eigenvalue weighted by Crippen LogP contribution is -2.32. The second-order valence-corrected chi connectivity index (χ2v) is 5.78. The lowest BCUT2D eigenvalue weighted by molar-refractivity contribution is 0.222. The minimum atomic E-state index is 0.00365. The van der Waals surface area contributed by atoms with Crippen molar-refractivity contribution in [2.45, 2.75) is 65.0 Å². The fraction of sp³-hybridized carbons (Fsp3) is 0.786. The van der Waals surface area contributed by atoms with E-state index in [-0.39, 0.29) is 6.10 Å². The van der Waals surface area contributed by atoms with Crippen molar-refractivity contribution in [3.05, 3.63) is 0 Å². The summed E-state index contributed by atoms with van der Waals surface area (Å²) in [5.74, 6) is 6.92. The van der Waals surface area contributed by atoms with Gasteiger partial charge in [0, 0.05) is 6.04 Å². The van der Waals surface area contributed by atoms with Crippen LogP contribution in [0.3, 0.4) is 0 Å². The first-order chi connectivity index (χ1) is 10.1. The number of hydrogen-bond acceptors (Lipinski definition) is 7. The Morgan fingerprint density at radius 3 is 2.57 bits per heavy atom. The van der Waals surface area contributed by atoms with Gasteiger partial charge in [-0.3, -0.25) is 5.43 Å². The molecule has 0 spiro atoms. The third-order valence-corrected chi connectivity index (χ3v) is 3.83. The predicted octanol–water partition coefficient (Wildman–Crippen LogP) is 2.33. The Morgan fingerprint density at radius 2 is 1.90 bits per heavy atom. The molecule has 0 bridgehead atoms. The van der Waals surface area contributed by atoms with Gasteiger partial charge in [0.15, 0.2) is 0 Å². The van der Waals surface area contributed by atoms with Crippen LogP contribution in [0.25, 0.3) is 0 Å². The number of nitrogen functional groups attached to an aromatic ring is 1.